The third-order valence-electron chi connectivity index (χ3n) is 5.78. The van der Waals surface area contributed by atoms with Gasteiger partial charge in [0.05, 0.1) is 0 Å². The van der Waals surface area contributed by atoms with Gasteiger partial charge in [0.25, 0.3) is 0 Å². The standard InChI is InChI=1S/C29H32Cl2N2O2S/c1-2-17-32-29(35)27(19-22-10-5-3-6-11-22)33(20-24-25(30)14-9-15-26(24)31)28(34)16-18-36-21-23-12-7-4-8-13-23/h3-15,27H,2,16-21H2,1H3,(H,32,35)/t27-/m1/s1. The largest absolute Gasteiger partial charge is 0.354 e. The summed E-state index contributed by atoms with van der Waals surface area (Å²) in [5.41, 5.74) is 2.85. The minimum absolute atomic E-state index is 0.0980. The zero-order chi connectivity index (χ0) is 25.8. The maximum atomic E-state index is 13.6. The second-order valence-electron chi connectivity index (χ2n) is 8.51. The Kier molecular flexibility index (Phi) is 11.7. The molecular formula is C29H32Cl2N2O2S. The number of carbonyl (C=O) groups is 2. The van der Waals surface area contributed by atoms with Gasteiger partial charge in [-0.2, -0.15) is 11.8 Å². The molecule has 2 amide bonds. The molecule has 36 heavy (non-hydrogen) atoms. The van der Waals surface area contributed by atoms with Gasteiger partial charge in [0, 0.05) is 53.0 Å². The number of nitrogens with one attached hydrogen (secondary N) is 1. The molecular weight excluding hydrogens is 511 g/mol. The number of hydrogen-bond donors (Lipinski definition) is 1. The maximum absolute atomic E-state index is 13.6. The molecule has 0 aliphatic carbocycles. The molecule has 1 N–H and O–H groups in total. The van der Waals surface area contributed by atoms with E-state index in [4.69, 9.17) is 23.2 Å². The van der Waals surface area contributed by atoms with Crippen molar-refractivity contribution in [2.75, 3.05) is 12.3 Å². The van der Waals surface area contributed by atoms with Crippen molar-refractivity contribution in [3.8, 4) is 0 Å². The number of amides is 2. The Morgan fingerprint density at radius 3 is 2.11 bits per heavy atom. The van der Waals surface area contributed by atoms with Gasteiger partial charge in [0.15, 0.2) is 0 Å². The molecule has 0 saturated carbocycles. The van der Waals surface area contributed by atoms with E-state index in [0.29, 0.717) is 40.7 Å². The molecule has 0 bridgehead atoms. The third-order valence-corrected chi connectivity index (χ3v) is 7.52. The van der Waals surface area contributed by atoms with Crippen LogP contribution < -0.4 is 5.32 Å². The average Bonchev–Trinajstić information content (AvgIpc) is 2.89. The molecule has 3 aromatic carbocycles. The van der Waals surface area contributed by atoms with Gasteiger partial charge in [-0.3, -0.25) is 9.59 Å². The summed E-state index contributed by atoms with van der Waals surface area (Å²) in [6.07, 6.45) is 1.53. The first kappa shape index (κ1) is 28.1. The van der Waals surface area contributed by atoms with Gasteiger partial charge in [-0.05, 0) is 29.7 Å². The Hall–Kier alpha value is -2.47. The molecule has 7 heteroatoms. The molecule has 0 aromatic heterocycles. The first-order valence-corrected chi connectivity index (χ1v) is 14.1. The lowest BCUT2D eigenvalue weighted by molar-refractivity contribution is -0.141. The van der Waals surface area contributed by atoms with Crippen molar-refractivity contribution >= 4 is 46.8 Å². The molecule has 3 rings (SSSR count). The summed E-state index contributed by atoms with van der Waals surface area (Å²) >= 11 is 14.7. The normalized spacial score (nSPS) is 11.6. The molecule has 0 fully saturated rings. The summed E-state index contributed by atoms with van der Waals surface area (Å²) in [6, 6.07) is 24.5. The summed E-state index contributed by atoms with van der Waals surface area (Å²) < 4.78 is 0. The van der Waals surface area contributed by atoms with Crippen LogP contribution in [0, 0.1) is 0 Å². The summed E-state index contributed by atoms with van der Waals surface area (Å²) in [5.74, 6) is 1.21. The van der Waals surface area contributed by atoms with E-state index >= 15 is 0 Å². The van der Waals surface area contributed by atoms with Gasteiger partial charge in [-0.1, -0.05) is 96.9 Å². The van der Waals surface area contributed by atoms with E-state index in [2.05, 4.69) is 17.4 Å². The summed E-state index contributed by atoms with van der Waals surface area (Å²) in [7, 11) is 0. The van der Waals surface area contributed by atoms with Crippen LogP contribution in [-0.2, 0) is 28.3 Å². The van der Waals surface area contributed by atoms with E-state index in [1.165, 1.54) is 5.56 Å². The third kappa shape index (κ3) is 8.58. The van der Waals surface area contributed by atoms with E-state index in [1.54, 1.807) is 34.9 Å². The molecule has 0 aliphatic rings. The zero-order valence-electron chi connectivity index (χ0n) is 20.5. The van der Waals surface area contributed by atoms with Gasteiger partial charge in [0.1, 0.15) is 6.04 Å². The molecule has 1 atom stereocenters. The van der Waals surface area contributed by atoms with Crippen molar-refractivity contribution in [2.45, 2.75) is 44.5 Å². The highest BCUT2D eigenvalue weighted by Crippen LogP contribution is 2.28. The SMILES string of the molecule is CCCNC(=O)[C@@H](Cc1ccccc1)N(Cc1c(Cl)cccc1Cl)C(=O)CCSCc1ccccc1. The van der Waals surface area contributed by atoms with Crippen LogP contribution in [-0.4, -0.2) is 35.1 Å². The predicted octanol–water partition coefficient (Wildman–Crippen LogP) is 6.78. The molecule has 0 unspecified atom stereocenters. The second kappa shape index (κ2) is 14.9. The fourth-order valence-electron chi connectivity index (χ4n) is 3.84. The number of carbonyl (C=O) groups excluding carboxylic acids is 2. The summed E-state index contributed by atoms with van der Waals surface area (Å²) in [6.45, 7) is 2.71. The lowest BCUT2D eigenvalue weighted by Gasteiger charge is -2.32. The highest BCUT2D eigenvalue weighted by molar-refractivity contribution is 7.98. The van der Waals surface area contributed by atoms with E-state index < -0.39 is 6.04 Å². The molecule has 0 radical (unpaired) electrons. The second-order valence-corrected chi connectivity index (χ2v) is 10.4. The van der Waals surface area contributed by atoms with Crippen molar-refractivity contribution in [3.63, 3.8) is 0 Å². The van der Waals surface area contributed by atoms with Crippen molar-refractivity contribution in [1.82, 2.24) is 10.2 Å². The molecule has 0 spiro atoms. The number of rotatable bonds is 13. The van der Waals surface area contributed by atoms with Crippen molar-refractivity contribution in [2.24, 2.45) is 0 Å². The summed E-state index contributed by atoms with van der Waals surface area (Å²) in [4.78, 5) is 28.6. The predicted molar refractivity (Wildman–Crippen MR) is 151 cm³/mol. The Balaban J connectivity index is 1.83. The van der Waals surface area contributed by atoms with E-state index in [0.717, 1.165) is 17.7 Å². The van der Waals surface area contributed by atoms with Crippen LogP contribution in [0.4, 0.5) is 0 Å². The van der Waals surface area contributed by atoms with Crippen LogP contribution in [0.1, 0.15) is 36.5 Å². The smallest absolute Gasteiger partial charge is 0.243 e. The minimum Gasteiger partial charge on any atom is -0.354 e. The number of benzene rings is 3. The summed E-state index contributed by atoms with van der Waals surface area (Å²) in [5, 5.41) is 3.94. The Morgan fingerprint density at radius 1 is 0.889 bits per heavy atom. The molecule has 0 aliphatic heterocycles. The Morgan fingerprint density at radius 2 is 1.50 bits per heavy atom. The lowest BCUT2D eigenvalue weighted by atomic mass is 10.0. The maximum Gasteiger partial charge on any atom is 0.243 e. The fourth-order valence-corrected chi connectivity index (χ4v) is 5.25. The van der Waals surface area contributed by atoms with Gasteiger partial charge >= 0.3 is 0 Å². The number of halogens is 2. The van der Waals surface area contributed by atoms with Gasteiger partial charge in [-0.15, -0.1) is 0 Å². The molecule has 3 aromatic rings. The van der Waals surface area contributed by atoms with Crippen LogP contribution in [0.2, 0.25) is 10.0 Å². The van der Waals surface area contributed by atoms with Crippen LogP contribution >= 0.6 is 35.0 Å². The monoisotopic (exact) mass is 542 g/mol. The van der Waals surface area contributed by atoms with Crippen LogP contribution in [0.5, 0.6) is 0 Å². The van der Waals surface area contributed by atoms with Gasteiger partial charge < -0.3 is 10.2 Å². The van der Waals surface area contributed by atoms with Crippen LogP contribution in [0.15, 0.2) is 78.9 Å². The van der Waals surface area contributed by atoms with Crippen LogP contribution in [0.25, 0.3) is 0 Å². The molecule has 0 saturated heterocycles. The van der Waals surface area contributed by atoms with Gasteiger partial charge in [-0.25, -0.2) is 0 Å². The first-order valence-electron chi connectivity index (χ1n) is 12.1. The van der Waals surface area contributed by atoms with Crippen molar-refractivity contribution in [3.05, 3.63) is 106 Å². The molecule has 190 valence electrons. The van der Waals surface area contributed by atoms with Crippen molar-refractivity contribution in [1.29, 1.82) is 0 Å². The molecule has 4 nitrogen and oxygen atoms in total. The van der Waals surface area contributed by atoms with Crippen LogP contribution in [0.3, 0.4) is 0 Å². The number of thioether (sulfide) groups is 1. The zero-order valence-corrected chi connectivity index (χ0v) is 22.8. The first-order chi connectivity index (χ1) is 17.5. The van der Waals surface area contributed by atoms with E-state index in [-0.39, 0.29) is 18.4 Å². The number of hydrogen-bond acceptors (Lipinski definition) is 3. The van der Waals surface area contributed by atoms with Gasteiger partial charge in [0.2, 0.25) is 11.8 Å². The Bertz CT molecular complexity index is 1090. The van der Waals surface area contributed by atoms with E-state index in [1.807, 2.05) is 55.5 Å². The number of nitrogens with zero attached hydrogens (tertiary/aromatic N) is 1. The Labute approximate surface area is 228 Å². The quantitative estimate of drug-likeness (QED) is 0.242. The fraction of sp³-hybridized carbons (Fsp3) is 0.310. The van der Waals surface area contributed by atoms with E-state index in [9.17, 15) is 9.59 Å². The lowest BCUT2D eigenvalue weighted by Crippen LogP contribution is -2.50. The molecule has 0 heterocycles. The van der Waals surface area contributed by atoms with Crippen molar-refractivity contribution < 1.29 is 9.59 Å². The highest BCUT2D eigenvalue weighted by atomic mass is 35.5. The average molecular weight is 544 g/mol. The highest BCUT2D eigenvalue weighted by Gasteiger charge is 2.31. The topological polar surface area (TPSA) is 49.4 Å². The minimum atomic E-state index is -0.682.